The van der Waals surface area contributed by atoms with Gasteiger partial charge in [-0.3, -0.25) is 4.90 Å². The van der Waals surface area contributed by atoms with Crippen LogP contribution in [0.1, 0.15) is 41.9 Å². The summed E-state index contributed by atoms with van der Waals surface area (Å²) in [5, 5.41) is 19.9. The van der Waals surface area contributed by atoms with Crippen molar-refractivity contribution >= 4 is 0 Å². The van der Waals surface area contributed by atoms with Gasteiger partial charge in [0.2, 0.25) is 0 Å². The molecule has 2 aromatic rings. The normalized spacial score (nSPS) is 23.5. The molecule has 1 aliphatic heterocycles. The van der Waals surface area contributed by atoms with Crippen LogP contribution in [0, 0.1) is 5.82 Å². The summed E-state index contributed by atoms with van der Waals surface area (Å²) in [5.74, 6) is 0.214. The van der Waals surface area contributed by atoms with Crippen LogP contribution in [0.4, 0.5) is 4.39 Å². The lowest BCUT2D eigenvalue weighted by atomic mass is 9.74. The smallest absolute Gasteiger partial charge is 0.160 e. The van der Waals surface area contributed by atoms with E-state index >= 15 is 0 Å². The highest BCUT2D eigenvalue weighted by Crippen LogP contribution is 2.45. The summed E-state index contributed by atoms with van der Waals surface area (Å²) in [6.07, 6.45) is 3.93. The summed E-state index contributed by atoms with van der Waals surface area (Å²) in [6, 6.07) is 10.8. The third kappa shape index (κ3) is 2.65. The van der Waals surface area contributed by atoms with Gasteiger partial charge in [-0.2, -0.15) is 0 Å². The molecular weight excluding hydrogens is 305 g/mol. The van der Waals surface area contributed by atoms with E-state index < -0.39 is 0 Å². The molecule has 3 nitrogen and oxygen atoms in total. The Morgan fingerprint density at radius 1 is 1.12 bits per heavy atom. The number of phenols is 2. The van der Waals surface area contributed by atoms with Crippen molar-refractivity contribution < 1.29 is 14.6 Å². The minimum absolute atomic E-state index is 0.0281. The number of piperidine rings is 1. The van der Waals surface area contributed by atoms with Crippen LogP contribution in [-0.2, 0) is 13.0 Å². The zero-order chi connectivity index (χ0) is 16.7. The predicted molar refractivity (Wildman–Crippen MR) is 90.7 cm³/mol. The van der Waals surface area contributed by atoms with Crippen molar-refractivity contribution in [3.05, 3.63) is 58.9 Å². The number of hydrogen-bond acceptors (Lipinski definition) is 3. The minimum atomic E-state index is -0.185. The number of halogens is 1. The van der Waals surface area contributed by atoms with Crippen molar-refractivity contribution in [1.82, 2.24) is 4.90 Å². The fourth-order valence-corrected chi connectivity index (χ4v) is 4.48. The molecule has 0 saturated carbocycles. The van der Waals surface area contributed by atoms with Gasteiger partial charge in [0.1, 0.15) is 5.82 Å². The van der Waals surface area contributed by atoms with Crippen molar-refractivity contribution in [1.29, 1.82) is 0 Å². The van der Waals surface area contributed by atoms with Crippen molar-refractivity contribution in [2.45, 2.75) is 44.2 Å². The van der Waals surface area contributed by atoms with Gasteiger partial charge >= 0.3 is 0 Å². The first-order valence-corrected chi connectivity index (χ1v) is 8.65. The van der Waals surface area contributed by atoms with Gasteiger partial charge in [-0.15, -0.1) is 0 Å². The molecule has 2 aromatic carbocycles. The predicted octanol–water partition coefficient (Wildman–Crippen LogP) is 3.93. The van der Waals surface area contributed by atoms with Crippen molar-refractivity contribution in [2.24, 2.45) is 0 Å². The van der Waals surface area contributed by atoms with Crippen LogP contribution < -0.4 is 0 Å². The van der Waals surface area contributed by atoms with E-state index in [9.17, 15) is 14.6 Å². The Morgan fingerprint density at radius 3 is 2.83 bits per heavy atom. The quantitative estimate of drug-likeness (QED) is 0.821. The molecule has 2 atom stereocenters. The van der Waals surface area contributed by atoms with Gasteiger partial charge in [0.15, 0.2) is 11.5 Å². The maximum absolute atomic E-state index is 13.5. The molecule has 1 fully saturated rings. The second-order valence-corrected chi connectivity index (χ2v) is 6.96. The molecule has 0 spiro atoms. The van der Waals surface area contributed by atoms with Crippen molar-refractivity contribution in [2.75, 3.05) is 6.54 Å². The molecule has 126 valence electrons. The summed E-state index contributed by atoms with van der Waals surface area (Å²) in [5.41, 5.74) is 3.09. The topological polar surface area (TPSA) is 43.7 Å². The van der Waals surface area contributed by atoms with Crippen LogP contribution in [0.5, 0.6) is 11.5 Å². The molecule has 2 aliphatic rings. The maximum atomic E-state index is 13.5. The Kier molecular flexibility index (Phi) is 3.93. The molecule has 24 heavy (non-hydrogen) atoms. The second kappa shape index (κ2) is 6.10. The standard InChI is InChI=1S/C20H22FNO2/c21-14-4-1-3-13(11-14)12-22-10-2-5-16-15-7-9-19(23)20(24)17(15)6-8-18(16)22/h1,3-4,7,9,11,16,18,23-24H,2,5-6,8,10,12H2/t16-,18?/m0/s1. The van der Waals surface area contributed by atoms with Gasteiger partial charge < -0.3 is 10.2 Å². The summed E-state index contributed by atoms with van der Waals surface area (Å²) in [6.45, 7) is 1.79. The molecule has 0 bridgehead atoms. The Balaban J connectivity index is 1.61. The Hall–Kier alpha value is -2.07. The van der Waals surface area contributed by atoms with Gasteiger partial charge in [0, 0.05) is 18.2 Å². The van der Waals surface area contributed by atoms with Crippen LogP contribution in [0.25, 0.3) is 0 Å². The van der Waals surface area contributed by atoms with Gasteiger partial charge in [-0.1, -0.05) is 18.2 Å². The van der Waals surface area contributed by atoms with Crippen LogP contribution in [0.2, 0.25) is 0 Å². The number of fused-ring (bicyclic) bond motifs is 3. The molecule has 4 heteroatoms. The van der Waals surface area contributed by atoms with Gasteiger partial charge in [-0.05, 0) is 67.5 Å². The first-order chi connectivity index (χ1) is 11.6. The molecule has 1 aliphatic carbocycles. The third-order valence-corrected chi connectivity index (χ3v) is 5.56. The molecule has 2 N–H and O–H groups in total. The number of hydrogen-bond donors (Lipinski definition) is 2. The molecule has 1 unspecified atom stereocenters. The molecular formula is C20H22FNO2. The Morgan fingerprint density at radius 2 is 2.00 bits per heavy atom. The van der Waals surface area contributed by atoms with E-state index in [-0.39, 0.29) is 17.3 Å². The number of rotatable bonds is 2. The van der Waals surface area contributed by atoms with Gasteiger partial charge in [-0.25, -0.2) is 4.39 Å². The molecule has 0 aromatic heterocycles. The first kappa shape index (κ1) is 15.5. The Labute approximate surface area is 141 Å². The molecule has 0 amide bonds. The number of nitrogens with zero attached hydrogens (tertiary/aromatic N) is 1. The summed E-state index contributed by atoms with van der Waals surface area (Å²) < 4.78 is 13.5. The summed E-state index contributed by atoms with van der Waals surface area (Å²) >= 11 is 0. The molecule has 1 heterocycles. The van der Waals surface area contributed by atoms with Crippen LogP contribution in [0.3, 0.4) is 0 Å². The summed E-state index contributed by atoms with van der Waals surface area (Å²) in [7, 11) is 0. The van der Waals surface area contributed by atoms with E-state index in [1.807, 2.05) is 12.1 Å². The van der Waals surface area contributed by atoms with Crippen LogP contribution in [-0.4, -0.2) is 27.7 Å². The minimum Gasteiger partial charge on any atom is -0.504 e. The Bertz CT molecular complexity index is 761. The number of aromatic hydroxyl groups is 2. The van der Waals surface area contributed by atoms with E-state index in [1.54, 1.807) is 18.2 Å². The van der Waals surface area contributed by atoms with E-state index in [2.05, 4.69) is 4.90 Å². The zero-order valence-corrected chi connectivity index (χ0v) is 13.6. The number of phenolic OH excluding ortho intramolecular Hbond substituents is 2. The molecule has 0 radical (unpaired) electrons. The third-order valence-electron chi connectivity index (χ3n) is 5.56. The lowest BCUT2D eigenvalue weighted by molar-refractivity contribution is 0.104. The van der Waals surface area contributed by atoms with Crippen LogP contribution in [0.15, 0.2) is 36.4 Å². The van der Waals surface area contributed by atoms with Gasteiger partial charge in [0.05, 0.1) is 0 Å². The van der Waals surface area contributed by atoms with Gasteiger partial charge in [0.25, 0.3) is 0 Å². The fourth-order valence-electron chi connectivity index (χ4n) is 4.48. The highest BCUT2D eigenvalue weighted by atomic mass is 19.1. The van der Waals surface area contributed by atoms with E-state index in [0.717, 1.165) is 49.9 Å². The summed E-state index contributed by atoms with van der Waals surface area (Å²) in [4.78, 5) is 2.45. The number of likely N-dealkylation sites (tertiary alicyclic amines) is 1. The largest absolute Gasteiger partial charge is 0.504 e. The van der Waals surface area contributed by atoms with Crippen LogP contribution >= 0.6 is 0 Å². The second-order valence-electron chi connectivity index (χ2n) is 6.96. The number of benzene rings is 2. The monoisotopic (exact) mass is 327 g/mol. The van der Waals surface area contributed by atoms with E-state index in [4.69, 9.17) is 0 Å². The molecule has 4 rings (SSSR count). The zero-order valence-electron chi connectivity index (χ0n) is 13.6. The lowest BCUT2D eigenvalue weighted by Crippen LogP contribution is -2.45. The lowest BCUT2D eigenvalue weighted by Gasteiger charge is -2.45. The average molecular weight is 327 g/mol. The van der Waals surface area contributed by atoms with E-state index in [1.165, 1.54) is 11.6 Å². The highest BCUT2D eigenvalue weighted by Gasteiger charge is 2.37. The first-order valence-electron chi connectivity index (χ1n) is 8.65. The maximum Gasteiger partial charge on any atom is 0.160 e. The molecule has 1 saturated heterocycles. The average Bonchev–Trinajstić information content (AvgIpc) is 2.58. The van der Waals surface area contributed by atoms with Crippen molar-refractivity contribution in [3.63, 3.8) is 0 Å². The van der Waals surface area contributed by atoms with Crippen molar-refractivity contribution in [3.8, 4) is 11.5 Å². The SMILES string of the molecule is Oc1ccc2c(c1O)CCC1[C@H]2CCCN1Cc1cccc(F)c1. The highest BCUT2D eigenvalue weighted by molar-refractivity contribution is 5.51. The fraction of sp³-hybridized carbons (Fsp3) is 0.400. The van der Waals surface area contributed by atoms with E-state index in [0.29, 0.717) is 12.0 Å².